The average Bonchev–Trinajstić information content (AvgIpc) is 2.32. The Morgan fingerprint density at radius 2 is 2.50 bits per heavy atom. The number of rotatable bonds is 3. The second-order valence-corrected chi connectivity index (χ2v) is 4.78. The van der Waals surface area contributed by atoms with E-state index in [0.717, 1.165) is 19.4 Å². The third-order valence-corrected chi connectivity index (χ3v) is 3.18. The number of nitrogens with one attached hydrogen (secondary N) is 1. The zero-order valence-electron chi connectivity index (χ0n) is 9.97. The number of β-amino-alcohol motifs (C(OH)–C–C–N with tert-alkyl or cyclic N) is 1. The summed E-state index contributed by atoms with van der Waals surface area (Å²) in [5.41, 5.74) is 0.515. The van der Waals surface area contributed by atoms with Crippen LogP contribution in [0.4, 0.5) is 5.69 Å². The molecular weight excluding hydrogens is 254 g/mol. The van der Waals surface area contributed by atoms with E-state index >= 15 is 0 Å². The van der Waals surface area contributed by atoms with Crippen LogP contribution in [-0.2, 0) is 4.79 Å². The molecular formula is C12H16ClN3O2. The number of aliphatic hydroxyl groups is 1. The minimum Gasteiger partial charge on any atom is -0.392 e. The predicted molar refractivity (Wildman–Crippen MR) is 69.6 cm³/mol. The third-order valence-electron chi connectivity index (χ3n) is 2.88. The quantitative estimate of drug-likeness (QED) is 0.808. The lowest BCUT2D eigenvalue weighted by Crippen LogP contribution is -2.42. The van der Waals surface area contributed by atoms with Gasteiger partial charge in [-0.25, -0.2) is 4.98 Å². The fourth-order valence-corrected chi connectivity index (χ4v) is 2.21. The van der Waals surface area contributed by atoms with Gasteiger partial charge in [0.2, 0.25) is 5.91 Å². The SMILES string of the molecule is O=C(CN1CCCC(O)C1)Nc1cccnc1Cl. The molecule has 0 radical (unpaired) electrons. The normalized spacial score (nSPS) is 20.7. The van der Waals surface area contributed by atoms with Crippen molar-refractivity contribution in [2.24, 2.45) is 0 Å². The molecule has 1 saturated heterocycles. The molecule has 0 aromatic carbocycles. The summed E-state index contributed by atoms with van der Waals surface area (Å²) in [5, 5.41) is 12.5. The van der Waals surface area contributed by atoms with Crippen LogP contribution in [0.25, 0.3) is 0 Å². The van der Waals surface area contributed by atoms with Crippen molar-refractivity contribution in [2.75, 3.05) is 25.0 Å². The number of carbonyl (C=O) groups excluding carboxylic acids is 1. The predicted octanol–water partition coefficient (Wildman–Crippen LogP) is 1.13. The second-order valence-electron chi connectivity index (χ2n) is 4.42. The number of pyridine rings is 1. The number of hydrogen-bond donors (Lipinski definition) is 2. The van der Waals surface area contributed by atoms with Crippen molar-refractivity contribution in [3.8, 4) is 0 Å². The molecule has 0 spiro atoms. The van der Waals surface area contributed by atoms with Gasteiger partial charge in [-0.05, 0) is 31.5 Å². The molecule has 1 aromatic rings. The van der Waals surface area contributed by atoms with Crippen molar-refractivity contribution in [2.45, 2.75) is 18.9 Å². The summed E-state index contributed by atoms with van der Waals surface area (Å²) in [5.74, 6) is -0.140. The number of amides is 1. The summed E-state index contributed by atoms with van der Waals surface area (Å²) in [7, 11) is 0. The molecule has 1 aromatic heterocycles. The molecule has 2 N–H and O–H groups in total. The molecule has 1 unspecified atom stereocenters. The van der Waals surface area contributed by atoms with E-state index in [1.54, 1.807) is 18.3 Å². The highest BCUT2D eigenvalue weighted by molar-refractivity contribution is 6.32. The van der Waals surface area contributed by atoms with Crippen LogP contribution in [0.5, 0.6) is 0 Å². The topological polar surface area (TPSA) is 65.5 Å². The first-order chi connectivity index (χ1) is 8.65. The van der Waals surface area contributed by atoms with Crippen molar-refractivity contribution >= 4 is 23.2 Å². The number of halogens is 1. The summed E-state index contributed by atoms with van der Waals surface area (Å²) < 4.78 is 0. The highest BCUT2D eigenvalue weighted by Gasteiger charge is 2.19. The Labute approximate surface area is 111 Å². The molecule has 6 heteroatoms. The summed E-state index contributed by atoms with van der Waals surface area (Å²) >= 11 is 5.85. The van der Waals surface area contributed by atoms with E-state index < -0.39 is 0 Å². The lowest BCUT2D eigenvalue weighted by molar-refractivity contribution is -0.118. The zero-order chi connectivity index (χ0) is 13.0. The van der Waals surface area contributed by atoms with Crippen LogP contribution in [0.2, 0.25) is 5.15 Å². The molecule has 0 bridgehead atoms. The Morgan fingerprint density at radius 1 is 1.67 bits per heavy atom. The van der Waals surface area contributed by atoms with Gasteiger partial charge in [-0.3, -0.25) is 9.69 Å². The van der Waals surface area contributed by atoms with Crippen molar-refractivity contribution < 1.29 is 9.90 Å². The minimum absolute atomic E-state index is 0.140. The van der Waals surface area contributed by atoms with Crippen LogP contribution in [0.1, 0.15) is 12.8 Å². The van der Waals surface area contributed by atoms with Crippen LogP contribution in [0, 0.1) is 0 Å². The van der Waals surface area contributed by atoms with Crippen LogP contribution in [-0.4, -0.2) is 46.6 Å². The number of nitrogens with zero attached hydrogens (tertiary/aromatic N) is 2. The summed E-state index contributed by atoms with van der Waals surface area (Å²) in [6.45, 7) is 1.65. The van der Waals surface area contributed by atoms with Crippen LogP contribution < -0.4 is 5.32 Å². The Kier molecular flexibility index (Phi) is 4.52. The van der Waals surface area contributed by atoms with Gasteiger partial charge in [-0.2, -0.15) is 0 Å². The monoisotopic (exact) mass is 269 g/mol. The van der Waals surface area contributed by atoms with Crippen LogP contribution >= 0.6 is 11.6 Å². The van der Waals surface area contributed by atoms with Gasteiger partial charge in [0.15, 0.2) is 5.15 Å². The molecule has 0 aliphatic carbocycles. The molecule has 0 saturated carbocycles. The maximum Gasteiger partial charge on any atom is 0.238 e. The Hall–Kier alpha value is -1.17. The van der Waals surface area contributed by atoms with E-state index in [-0.39, 0.29) is 23.7 Å². The first-order valence-corrected chi connectivity index (χ1v) is 6.34. The fourth-order valence-electron chi connectivity index (χ4n) is 2.05. The van der Waals surface area contributed by atoms with Gasteiger partial charge in [0.1, 0.15) is 0 Å². The van der Waals surface area contributed by atoms with E-state index in [4.69, 9.17) is 11.6 Å². The lowest BCUT2D eigenvalue weighted by Gasteiger charge is -2.29. The number of anilines is 1. The van der Waals surface area contributed by atoms with E-state index in [1.807, 2.05) is 4.90 Å². The number of hydrogen-bond acceptors (Lipinski definition) is 4. The van der Waals surface area contributed by atoms with Gasteiger partial charge >= 0.3 is 0 Å². The molecule has 5 nitrogen and oxygen atoms in total. The number of aliphatic hydroxyl groups excluding tert-OH is 1. The average molecular weight is 270 g/mol. The first kappa shape index (κ1) is 13.3. The molecule has 98 valence electrons. The minimum atomic E-state index is -0.325. The van der Waals surface area contributed by atoms with Gasteiger partial charge in [0, 0.05) is 12.7 Å². The fraction of sp³-hybridized carbons (Fsp3) is 0.500. The van der Waals surface area contributed by atoms with Crippen LogP contribution in [0.15, 0.2) is 18.3 Å². The molecule has 18 heavy (non-hydrogen) atoms. The summed E-state index contributed by atoms with van der Waals surface area (Å²) in [6.07, 6.45) is 2.97. The van der Waals surface area contributed by atoms with E-state index in [2.05, 4.69) is 10.3 Å². The van der Waals surface area contributed by atoms with E-state index in [1.165, 1.54) is 0 Å². The largest absolute Gasteiger partial charge is 0.392 e. The van der Waals surface area contributed by atoms with Crippen molar-refractivity contribution in [1.82, 2.24) is 9.88 Å². The van der Waals surface area contributed by atoms with Gasteiger partial charge in [0.05, 0.1) is 18.3 Å². The van der Waals surface area contributed by atoms with Gasteiger partial charge < -0.3 is 10.4 Å². The van der Waals surface area contributed by atoms with E-state index in [0.29, 0.717) is 12.2 Å². The smallest absolute Gasteiger partial charge is 0.238 e. The Bertz CT molecular complexity index is 428. The Morgan fingerprint density at radius 3 is 3.22 bits per heavy atom. The van der Waals surface area contributed by atoms with Gasteiger partial charge in [-0.1, -0.05) is 11.6 Å². The summed E-state index contributed by atoms with van der Waals surface area (Å²) in [4.78, 5) is 17.6. The zero-order valence-corrected chi connectivity index (χ0v) is 10.7. The molecule has 1 aliphatic rings. The molecule has 1 atom stereocenters. The van der Waals surface area contributed by atoms with Gasteiger partial charge in [-0.15, -0.1) is 0 Å². The molecule has 1 amide bonds. The first-order valence-electron chi connectivity index (χ1n) is 5.96. The molecule has 2 heterocycles. The molecule has 2 rings (SSSR count). The number of aromatic nitrogens is 1. The van der Waals surface area contributed by atoms with Crippen molar-refractivity contribution in [1.29, 1.82) is 0 Å². The standard InChI is InChI=1S/C12H16ClN3O2/c13-12-10(4-1-5-14-12)15-11(18)8-16-6-2-3-9(17)7-16/h1,4-5,9,17H,2-3,6-8H2,(H,15,18). The summed E-state index contributed by atoms with van der Waals surface area (Å²) in [6, 6.07) is 3.42. The highest BCUT2D eigenvalue weighted by Crippen LogP contribution is 2.17. The second kappa shape index (κ2) is 6.13. The highest BCUT2D eigenvalue weighted by atomic mass is 35.5. The molecule has 1 aliphatic heterocycles. The van der Waals surface area contributed by atoms with Crippen molar-refractivity contribution in [3.05, 3.63) is 23.5 Å². The third kappa shape index (κ3) is 3.66. The molecule has 1 fully saturated rings. The Balaban J connectivity index is 1.87. The maximum atomic E-state index is 11.8. The van der Waals surface area contributed by atoms with Gasteiger partial charge in [0.25, 0.3) is 0 Å². The maximum absolute atomic E-state index is 11.8. The number of likely N-dealkylation sites (tertiary alicyclic amines) is 1. The number of piperidine rings is 1. The van der Waals surface area contributed by atoms with E-state index in [9.17, 15) is 9.90 Å². The number of carbonyl (C=O) groups is 1. The van der Waals surface area contributed by atoms with Crippen molar-refractivity contribution in [3.63, 3.8) is 0 Å². The lowest BCUT2D eigenvalue weighted by atomic mass is 10.1. The van der Waals surface area contributed by atoms with Crippen LogP contribution in [0.3, 0.4) is 0 Å².